The molecular weight excluding hydrogens is 108 g/mol. The van der Waals surface area contributed by atoms with Crippen LogP contribution in [0, 0.1) is 15.4 Å². The van der Waals surface area contributed by atoms with Crippen molar-refractivity contribution in [1.82, 2.24) is 0 Å². The van der Waals surface area contributed by atoms with E-state index >= 15 is 0 Å². The molecule has 0 aromatic carbocycles. The highest BCUT2D eigenvalue weighted by Gasteiger charge is 1.32. The fourth-order valence-corrected chi connectivity index (χ4v) is 0. The maximum absolute atomic E-state index is 8.39. The van der Waals surface area contributed by atoms with Crippen molar-refractivity contribution in [1.29, 1.82) is 5.59 Å². The van der Waals surface area contributed by atoms with Crippen LogP contribution in [0.5, 0.6) is 0 Å². The molecule has 0 saturated heterocycles. The Kier molecular flexibility index (Phi) is 214. The maximum atomic E-state index is 8.39. The van der Waals surface area contributed by atoms with E-state index < -0.39 is 0 Å². The van der Waals surface area contributed by atoms with Crippen molar-refractivity contribution in [3.05, 3.63) is 9.81 Å². The summed E-state index contributed by atoms with van der Waals surface area (Å²) in [6.45, 7) is 0. The van der Waals surface area contributed by atoms with Crippen molar-refractivity contribution in [3.63, 3.8) is 0 Å². The van der Waals surface area contributed by atoms with Crippen LogP contribution in [-0.2, 0) is 4.99 Å². The number of rotatable bonds is 1. The van der Waals surface area contributed by atoms with E-state index in [1.807, 2.05) is 0 Å². The molecule has 0 aliphatic carbocycles. The Morgan fingerprint density at radius 1 is 1.57 bits per heavy atom. The lowest BCUT2D eigenvalue weighted by Gasteiger charge is -1.83. The van der Waals surface area contributed by atoms with E-state index in [9.17, 15) is 0 Å². The predicted molar refractivity (Wildman–Crippen MR) is 16.6 cm³/mol. The molecule has 7 nitrogen and oxygen atoms in total. The van der Waals surface area contributed by atoms with Crippen LogP contribution in [0.3, 0.4) is 0 Å². The van der Waals surface area contributed by atoms with Crippen molar-refractivity contribution in [2.75, 3.05) is 0 Å². The highest BCUT2D eigenvalue weighted by atomic mass is 17.2. The Morgan fingerprint density at radius 3 is 1.71 bits per heavy atom. The third kappa shape index (κ3) is 6550. The van der Waals surface area contributed by atoms with Crippen molar-refractivity contribution in [3.8, 4) is 0 Å². The molecule has 0 aliphatic rings. The van der Waals surface area contributed by atoms with Gasteiger partial charge in [-0.25, -0.2) is 0 Å². The van der Waals surface area contributed by atoms with Gasteiger partial charge in [-0.1, -0.05) is 5.59 Å². The first-order valence-corrected chi connectivity index (χ1v) is 0.736. The van der Waals surface area contributed by atoms with Gasteiger partial charge in [-0.3, -0.25) is 0 Å². The Labute approximate surface area is 37.8 Å². The van der Waals surface area contributed by atoms with Gasteiger partial charge in [0.1, 0.15) is 5.34 Å². The van der Waals surface area contributed by atoms with Gasteiger partial charge in [0.25, 0.3) is 0 Å². The smallest absolute Gasteiger partial charge is 0.149 e. The van der Waals surface area contributed by atoms with Gasteiger partial charge in [0.2, 0.25) is 0 Å². The van der Waals surface area contributed by atoms with Crippen molar-refractivity contribution < 1.29 is 15.7 Å². The Bertz CT molecular complexity index is 27.3. The molecule has 3 N–H and O–H groups in total. The lowest BCUT2D eigenvalue weighted by atomic mass is 13.4. The fraction of sp³-hybridized carbons (Fsp3) is 0. The molecule has 7 heavy (non-hydrogen) atoms. The molecule has 0 radical (unpaired) electrons. The van der Waals surface area contributed by atoms with Crippen molar-refractivity contribution >= 4 is 0 Å². The van der Waals surface area contributed by atoms with Crippen LogP contribution in [0.1, 0.15) is 0 Å². The van der Waals surface area contributed by atoms with Gasteiger partial charge in [0, 0.05) is 0 Å². The molecule has 0 aromatic heterocycles. The highest BCUT2D eigenvalue weighted by molar-refractivity contribution is 3.85. The molecule has 0 bridgehead atoms. The first-order valence-electron chi connectivity index (χ1n) is 0.736. The minimum atomic E-state index is 0. The average Bonchev–Trinajstić information content (AvgIpc) is 1.72. The van der Waals surface area contributed by atoms with Crippen LogP contribution < -0.4 is 5.26 Å². The molecule has 0 spiro atoms. The molecule has 0 aromatic rings. The summed E-state index contributed by atoms with van der Waals surface area (Å²) in [5, 5.41) is 9.75. The number of nitroso groups, excluding NO2 is 1. The molecular formula is H3N2O5-. The van der Waals surface area contributed by atoms with Gasteiger partial charge in [-0.15, -0.1) is 4.91 Å². The van der Waals surface area contributed by atoms with E-state index in [0.29, 0.717) is 0 Å². The molecule has 0 rings (SSSR count). The van der Waals surface area contributed by atoms with Gasteiger partial charge < -0.3 is 15.7 Å². The molecule has 0 amide bonds. The Morgan fingerprint density at radius 2 is 1.71 bits per heavy atom. The summed E-state index contributed by atoms with van der Waals surface area (Å²) in [5.41, 5.74) is 4.50. The van der Waals surface area contributed by atoms with Gasteiger partial charge in [-0.2, -0.15) is 4.91 Å². The Balaban J connectivity index is -0.0000000480. The van der Waals surface area contributed by atoms with E-state index in [4.69, 9.17) is 15.1 Å². The molecule has 0 fully saturated rings. The SMILES string of the molecule is N=O.O.O=NO[O-]. The number of nitrogens with one attached hydrogen (secondary N) is 1. The first kappa shape index (κ1) is 16.8. The summed E-state index contributed by atoms with van der Waals surface area (Å²) in [6, 6.07) is 0. The minimum absolute atomic E-state index is 0. The Hall–Kier alpha value is -1.08. The molecule has 44 valence electrons. The monoisotopic (exact) mass is 111 g/mol. The summed E-state index contributed by atoms with van der Waals surface area (Å²) >= 11 is 0. The molecule has 7 heteroatoms. The summed E-state index contributed by atoms with van der Waals surface area (Å²) < 4.78 is 0. The summed E-state index contributed by atoms with van der Waals surface area (Å²) in [6.07, 6.45) is 0. The van der Waals surface area contributed by atoms with Gasteiger partial charge in [0.05, 0.1) is 0 Å². The van der Waals surface area contributed by atoms with Crippen LogP contribution in [-0.4, -0.2) is 5.48 Å². The number of nitrogens with zero attached hydrogens (tertiary/aromatic N) is 1. The second kappa shape index (κ2) is 89.3. The molecule has 0 atom stereocenters. The highest BCUT2D eigenvalue weighted by Crippen LogP contribution is 1.43. The predicted octanol–water partition coefficient (Wildman–Crippen LogP) is -1.53. The quantitative estimate of drug-likeness (QED) is 0.249. The zero-order valence-electron chi connectivity index (χ0n) is 3.08. The zero-order valence-corrected chi connectivity index (χ0v) is 3.08. The molecule has 0 unspecified atom stereocenters. The largest absolute Gasteiger partial charge is 0.635 e. The van der Waals surface area contributed by atoms with Crippen LogP contribution in [0.15, 0.2) is 5.34 Å². The second-order valence-corrected chi connectivity index (χ2v) is 0.149. The van der Waals surface area contributed by atoms with Crippen LogP contribution >= 0.6 is 0 Å². The van der Waals surface area contributed by atoms with Crippen LogP contribution in [0.4, 0.5) is 0 Å². The second-order valence-electron chi connectivity index (χ2n) is 0.149. The normalized spacial score (nSPS) is 3.57. The first-order chi connectivity index (χ1) is 2.91. The summed E-state index contributed by atoms with van der Waals surface area (Å²) in [4.78, 5) is 18.2. The van der Waals surface area contributed by atoms with E-state index in [2.05, 4.69) is 10.6 Å². The third-order valence-corrected chi connectivity index (χ3v) is 0.0304. The van der Waals surface area contributed by atoms with E-state index in [1.54, 1.807) is 0 Å². The minimum Gasteiger partial charge on any atom is -0.635 e. The maximum Gasteiger partial charge on any atom is 0.149 e. The average molecular weight is 111 g/mol. The van der Waals surface area contributed by atoms with Crippen LogP contribution in [0.25, 0.3) is 0 Å². The van der Waals surface area contributed by atoms with Gasteiger partial charge in [-0.05, 0) is 0 Å². The van der Waals surface area contributed by atoms with Crippen molar-refractivity contribution in [2.45, 2.75) is 0 Å². The van der Waals surface area contributed by atoms with Crippen LogP contribution in [0.2, 0.25) is 0 Å². The number of hydrogen-bond donors (Lipinski definition) is 1. The zero-order chi connectivity index (χ0) is 5.41. The van der Waals surface area contributed by atoms with Gasteiger partial charge >= 0.3 is 0 Å². The van der Waals surface area contributed by atoms with E-state index in [-0.39, 0.29) is 5.48 Å². The summed E-state index contributed by atoms with van der Waals surface area (Å²) in [7, 11) is 0. The lowest BCUT2D eigenvalue weighted by molar-refractivity contribution is -0.692. The van der Waals surface area contributed by atoms with E-state index in [0.717, 1.165) is 0 Å². The standard InChI is InChI=1S/HNO3.HNO.H2O/c2-1-4-3;1-2;/h3H;1H;1H2/p-1. The third-order valence-electron chi connectivity index (χ3n) is 0.0304. The number of hydrogen-bond acceptors (Lipinski definition) is 6. The van der Waals surface area contributed by atoms with E-state index in [1.165, 1.54) is 5.34 Å². The summed E-state index contributed by atoms with van der Waals surface area (Å²) in [5.74, 6) is 0. The lowest BCUT2D eigenvalue weighted by Crippen LogP contribution is -1.94. The fourth-order valence-electron chi connectivity index (χ4n) is 0. The molecule has 0 aliphatic heterocycles. The van der Waals surface area contributed by atoms with Crippen molar-refractivity contribution in [2.24, 2.45) is 5.34 Å². The molecule has 0 saturated carbocycles. The molecule has 0 heterocycles. The van der Waals surface area contributed by atoms with Gasteiger partial charge in [0.15, 0.2) is 0 Å². The topological polar surface area (TPSA) is 134 Å².